The van der Waals surface area contributed by atoms with Crippen LogP contribution in [-0.4, -0.2) is 28.3 Å². The third kappa shape index (κ3) is 4.66. The molecule has 3 rings (SSSR count). The van der Waals surface area contributed by atoms with Crippen LogP contribution in [0, 0.1) is 13.8 Å². The molecule has 0 spiro atoms. The maximum absolute atomic E-state index is 12.5. The van der Waals surface area contributed by atoms with Gasteiger partial charge in [-0.05, 0) is 56.2 Å². The van der Waals surface area contributed by atoms with Crippen LogP contribution in [0.5, 0.6) is 5.75 Å². The van der Waals surface area contributed by atoms with Gasteiger partial charge in [-0.15, -0.1) is 0 Å². The maximum Gasteiger partial charge on any atom is 0.343 e. The number of carbonyl (C=O) groups is 2. The van der Waals surface area contributed by atoms with Crippen molar-refractivity contribution in [3.63, 3.8) is 0 Å². The molecule has 2 heterocycles. The molecule has 0 saturated carbocycles. The fraction of sp³-hybridized carbons (Fsp3) is 0.286. The molecule has 0 unspecified atom stereocenters. The minimum atomic E-state index is -0.558. The van der Waals surface area contributed by atoms with Crippen LogP contribution in [0.25, 0.3) is 0 Å². The van der Waals surface area contributed by atoms with Crippen LogP contribution in [0.15, 0.2) is 40.9 Å². The van der Waals surface area contributed by atoms with Crippen LogP contribution in [0.2, 0.25) is 0 Å². The molecular weight excluding hydrogens is 374 g/mol. The third-order valence-electron chi connectivity index (χ3n) is 4.41. The highest BCUT2D eigenvalue weighted by atomic mass is 16.5. The smallest absolute Gasteiger partial charge is 0.343 e. The molecule has 29 heavy (non-hydrogen) atoms. The van der Waals surface area contributed by atoms with Crippen molar-refractivity contribution in [1.82, 2.24) is 9.78 Å². The fourth-order valence-corrected chi connectivity index (χ4v) is 2.65. The van der Waals surface area contributed by atoms with Gasteiger partial charge in [-0.25, -0.2) is 4.79 Å². The van der Waals surface area contributed by atoms with Gasteiger partial charge < -0.3 is 19.2 Å². The predicted molar refractivity (Wildman–Crippen MR) is 106 cm³/mol. The molecule has 0 aliphatic carbocycles. The molecule has 1 N–H and O–H groups in total. The van der Waals surface area contributed by atoms with Crippen LogP contribution < -0.4 is 10.1 Å². The highest BCUT2D eigenvalue weighted by molar-refractivity contribution is 6.05. The lowest BCUT2D eigenvalue weighted by molar-refractivity contribution is 0.0527. The quantitative estimate of drug-likeness (QED) is 0.612. The van der Waals surface area contributed by atoms with Crippen molar-refractivity contribution in [3.8, 4) is 5.75 Å². The van der Waals surface area contributed by atoms with Gasteiger partial charge in [-0.1, -0.05) is 6.07 Å². The number of hydrogen-bond donors (Lipinski definition) is 1. The molecule has 8 nitrogen and oxygen atoms in total. The Kier molecular flexibility index (Phi) is 6.01. The second-order valence-corrected chi connectivity index (χ2v) is 6.51. The standard InChI is InChI=1S/C21H23N3O5/c1-5-27-21(26)17-11-22-24(4)19(17)23-20(25)18-9-8-16(29-18)12-28-15-7-6-13(2)14(3)10-15/h6-11H,5,12H2,1-4H3,(H,23,25). The Morgan fingerprint density at radius 1 is 1.17 bits per heavy atom. The molecule has 152 valence electrons. The first-order chi connectivity index (χ1) is 13.9. The number of ether oxygens (including phenoxy) is 2. The maximum atomic E-state index is 12.5. The van der Waals surface area contributed by atoms with E-state index in [9.17, 15) is 9.59 Å². The molecule has 0 saturated heterocycles. The number of benzene rings is 1. The molecule has 0 atom stereocenters. The molecule has 0 bridgehead atoms. The number of nitrogens with zero attached hydrogens (tertiary/aromatic N) is 2. The fourth-order valence-electron chi connectivity index (χ4n) is 2.65. The van der Waals surface area contributed by atoms with E-state index in [0.29, 0.717) is 5.76 Å². The first-order valence-corrected chi connectivity index (χ1v) is 9.18. The molecule has 3 aromatic rings. The van der Waals surface area contributed by atoms with Crippen molar-refractivity contribution in [2.24, 2.45) is 7.05 Å². The lowest BCUT2D eigenvalue weighted by Crippen LogP contribution is -2.17. The topological polar surface area (TPSA) is 95.6 Å². The predicted octanol–water partition coefficient (Wildman–Crippen LogP) is 3.64. The van der Waals surface area contributed by atoms with Crippen molar-refractivity contribution in [1.29, 1.82) is 0 Å². The van der Waals surface area contributed by atoms with E-state index in [1.54, 1.807) is 26.1 Å². The molecule has 2 aromatic heterocycles. The number of hydrogen-bond acceptors (Lipinski definition) is 6. The normalized spacial score (nSPS) is 10.6. The summed E-state index contributed by atoms with van der Waals surface area (Å²) in [6, 6.07) is 9.05. The van der Waals surface area contributed by atoms with Gasteiger partial charge >= 0.3 is 5.97 Å². The van der Waals surface area contributed by atoms with Crippen LogP contribution in [0.4, 0.5) is 5.82 Å². The molecule has 0 radical (unpaired) electrons. The highest BCUT2D eigenvalue weighted by Crippen LogP contribution is 2.20. The van der Waals surface area contributed by atoms with E-state index in [0.717, 1.165) is 11.3 Å². The number of amides is 1. The van der Waals surface area contributed by atoms with E-state index in [2.05, 4.69) is 10.4 Å². The first-order valence-electron chi connectivity index (χ1n) is 9.18. The van der Waals surface area contributed by atoms with E-state index < -0.39 is 11.9 Å². The zero-order valence-corrected chi connectivity index (χ0v) is 16.8. The Hall–Kier alpha value is -3.55. The summed E-state index contributed by atoms with van der Waals surface area (Å²) in [5.74, 6) is 0.500. The zero-order valence-electron chi connectivity index (χ0n) is 16.8. The second kappa shape index (κ2) is 8.64. The largest absolute Gasteiger partial charge is 0.486 e. The Morgan fingerprint density at radius 3 is 2.69 bits per heavy atom. The van der Waals surface area contributed by atoms with Crippen LogP contribution in [-0.2, 0) is 18.4 Å². The van der Waals surface area contributed by atoms with Gasteiger partial charge in [0.25, 0.3) is 5.91 Å². The summed E-state index contributed by atoms with van der Waals surface area (Å²) >= 11 is 0. The second-order valence-electron chi connectivity index (χ2n) is 6.51. The molecule has 8 heteroatoms. The van der Waals surface area contributed by atoms with E-state index in [1.807, 2.05) is 32.0 Å². The lowest BCUT2D eigenvalue weighted by Gasteiger charge is -2.07. The Morgan fingerprint density at radius 2 is 1.97 bits per heavy atom. The van der Waals surface area contributed by atoms with Crippen LogP contribution >= 0.6 is 0 Å². The van der Waals surface area contributed by atoms with Gasteiger partial charge in [0.1, 0.15) is 29.5 Å². The van der Waals surface area contributed by atoms with Gasteiger partial charge in [-0.3, -0.25) is 9.48 Å². The number of rotatable bonds is 7. The van der Waals surface area contributed by atoms with E-state index in [-0.39, 0.29) is 30.4 Å². The Bertz CT molecular complexity index is 1030. The van der Waals surface area contributed by atoms with Crippen LogP contribution in [0.3, 0.4) is 0 Å². The summed E-state index contributed by atoms with van der Waals surface area (Å²) in [7, 11) is 1.61. The summed E-state index contributed by atoms with van der Waals surface area (Å²) < 4.78 is 17.7. The van der Waals surface area contributed by atoms with Crippen LogP contribution in [0.1, 0.15) is 44.7 Å². The molecule has 1 aromatic carbocycles. The van der Waals surface area contributed by atoms with Gasteiger partial charge in [0.05, 0.1) is 12.8 Å². The average Bonchev–Trinajstić information content (AvgIpc) is 3.30. The van der Waals surface area contributed by atoms with Gasteiger partial charge in [0.15, 0.2) is 5.76 Å². The molecule has 0 aliphatic rings. The van der Waals surface area contributed by atoms with Crippen molar-refractivity contribution >= 4 is 17.7 Å². The summed E-state index contributed by atoms with van der Waals surface area (Å²) in [6.45, 7) is 6.17. The molecule has 0 fully saturated rings. The minimum Gasteiger partial charge on any atom is -0.486 e. The average molecular weight is 397 g/mol. The number of nitrogens with one attached hydrogen (secondary N) is 1. The first kappa shape index (κ1) is 20.2. The summed E-state index contributed by atoms with van der Waals surface area (Å²) in [5.41, 5.74) is 2.50. The van der Waals surface area contributed by atoms with Gasteiger partial charge in [0.2, 0.25) is 0 Å². The molecule has 0 aliphatic heterocycles. The molecule has 1 amide bonds. The van der Waals surface area contributed by atoms with E-state index in [4.69, 9.17) is 13.9 Å². The third-order valence-corrected chi connectivity index (χ3v) is 4.41. The highest BCUT2D eigenvalue weighted by Gasteiger charge is 2.21. The SMILES string of the molecule is CCOC(=O)c1cnn(C)c1NC(=O)c1ccc(COc2ccc(C)c(C)c2)o1. The van der Waals surface area contributed by atoms with E-state index >= 15 is 0 Å². The number of furan rings is 1. The van der Waals surface area contributed by atoms with Crippen molar-refractivity contribution < 1.29 is 23.5 Å². The summed E-state index contributed by atoms with van der Waals surface area (Å²) in [4.78, 5) is 24.5. The van der Waals surface area contributed by atoms with Crippen molar-refractivity contribution in [2.45, 2.75) is 27.4 Å². The van der Waals surface area contributed by atoms with Gasteiger partial charge in [-0.2, -0.15) is 5.10 Å². The van der Waals surface area contributed by atoms with E-state index in [1.165, 1.54) is 16.4 Å². The molecular formula is C21H23N3O5. The summed E-state index contributed by atoms with van der Waals surface area (Å²) in [5, 5.41) is 6.64. The zero-order chi connectivity index (χ0) is 21.0. The Balaban J connectivity index is 1.66. The number of esters is 1. The minimum absolute atomic E-state index is 0.0969. The van der Waals surface area contributed by atoms with Gasteiger partial charge in [0, 0.05) is 7.05 Å². The monoisotopic (exact) mass is 397 g/mol. The number of aryl methyl sites for hydroxylation is 3. The Labute approximate surface area is 168 Å². The lowest BCUT2D eigenvalue weighted by atomic mass is 10.1. The van der Waals surface area contributed by atoms with Crippen molar-refractivity contribution in [2.75, 3.05) is 11.9 Å². The van der Waals surface area contributed by atoms with Crippen molar-refractivity contribution in [3.05, 3.63) is 64.7 Å². The number of anilines is 1. The summed E-state index contributed by atoms with van der Waals surface area (Å²) in [6.07, 6.45) is 1.35. The number of carbonyl (C=O) groups excluding carboxylic acids is 2. The number of aromatic nitrogens is 2.